The van der Waals surface area contributed by atoms with Crippen LogP contribution in [-0.4, -0.2) is 23.2 Å². The molecule has 0 aromatic heterocycles. The first-order chi connectivity index (χ1) is 11.0. The van der Waals surface area contributed by atoms with E-state index in [1.807, 2.05) is 24.3 Å². The fraction of sp³-hybridized carbons (Fsp3) is 0.278. The van der Waals surface area contributed by atoms with Gasteiger partial charge in [0.25, 0.3) is 5.91 Å². The van der Waals surface area contributed by atoms with E-state index in [-0.39, 0.29) is 12.1 Å². The molecule has 120 valence electrons. The normalized spacial score (nSPS) is 20.0. The smallest absolute Gasteiger partial charge is 0.254 e. The van der Waals surface area contributed by atoms with E-state index < -0.39 is 23.1 Å². The molecular formula is C18H17F2NO2. The molecule has 2 aromatic carbocycles. The molecule has 0 fully saturated rings. The highest BCUT2D eigenvalue weighted by Crippen LogP contribution is 2.28. The third kappa shape index (κ3) is 3.40. The first-order valence-corrected chi connectivity index (χ1v) is 7.49. The average Bonchev–Trinajstić information content (AvgIpc) is 2.52. The fourth-order valence-electron chi connectivity index (χ4n) is 2.95. The molecule has 0 aliphatic heterocycles. The number of carbonyl (C=O) groups excluding carboxylic acids is 1. The molecule has 0 bridgehead atoms. The second-order valence-electron chi connectivity index (χ2n) is 5.98. The molecule has 1 aliphatic carbocycles. The minimum absolute atomic E-state index is 0.0248. The van der Waals surface area contributed by atoms with Crippen LogP contribution in [0.15, 0.2) is 42.5 Å². The summed E-state index contributed by atoms with van der Waals surface area (Å²) < 4.78 is 26.5. The number of carbonyl (C=O) groups is 1. The summed E-state index contributed by atoms with van der Waals surface area (Å²) >= 11 is 0. The maximum Gasteiger partial charge on any atom is 0.254 e. The Kier molecular flexibility index (Phi) is 4.13. The summed E-state index contributed by atoms with van der Waals surface area (Å²) in [5.41, 5.74) is 0.975. The Morgan fingerprint density at radius 2 is 1.91 bits per heavy atom. The van der Waals surface area contributed by atoms with E-state index in [2.05, 4.69) is 5.32 Å². The Morgan fingerprint density at radius 3 is 2.65 bits per heavy atom. The molecule has 1 aliphatic rings. The predicted molar refractivity (Wildman–Crippen MR) is 82.1 cm³/mol. The molecule has 23 heavy (non-hydrogen) atoms. The number of aliphatic hydroxyl groups is 1. The average molecular weight is 317 g/mol. The van der Waals surface area contributed by atoms with Crippen molar-refractivity contribution in [3.63, 3.8) is 0 Å². The minimum atomic E-state index is -1.06. The monoisotopic (exact) mass is 317 g/mol. The van der Waals surface area contributed by atoms with Gasteiger partial charge in [0.15, 0.2) is 0 Å². The van der Waals surface area contributed by atoms with Crippen molar-refractivity contribution in [1.82, 2.24) is 5.32 Å². The van der Waals surface area contributed by atoms with E-state index in [0.29, 0.717) is 18.9 Å². The molecule has 2 N–H and O–H groups in total. The Balaban J connectivity index is 1.67. The van der Waals surface area contributed by atoms with Gasteiger partial charge in [0.05, 0.1) is 11.2 Å². The van der Waals surface area contributed by atoms with Gasteiger partial charge in [0.1, 0.15) is 11.6 Å². The topological polar surface area (TPSA) is 49.3 Å². The van der Waals surface area contributed by atoms with Crippen molar-refractivity contribution < 1.29 is 18.7 Å². The Hall–Kier alpha value is -2.27. The third-order valence-electron chi connectivity index (χ3n) is 4.25. The highest BCUT2D eigenvalue weighted by molar-refractivity contribution is 5.94. The summed E-state index contributed by atoms with van der Waals surface area (Å²) in [6.45, 7) is 0.0248. The molecule has 2 aromatic rings. The van der Waals surface area contributed by atoms with Crippen LogP contribution in [0.4, 0.5) is 8.78 Å². The minimum Gasteiger partial charge on any atom is -0.388 e. The van der Waals surface area contributed by atoms with Gasteiger partial charge in [0, 0.05) is 19.0 Å². The highest BCUT2D eigenvalue weighted by atomic mass is 19.1. The second kappa shape index (κ2) is 6.08. The van der Waals surface area contributed by atoms with Crippen molar-refractivity contribution in [1.29, 1.82) is 0 Å². The highest BCUT2D eigenvalue weighted by Gasteiger charge is 2.32. The summed E-state index contributed by atoms with van der Waals surface area (Å²) in [4.78, 5) is 12.0. The summed E-state index contributed by atoms with van der Waals surface area (Å²) in [5, 5.41) is 13.2. The van der Waals surface area contributed by atoms with Crippen LogP contribution in [-0.2, 0) is 12.8 Å². The van der Waals surface area contributed by atoms with Crippen LogP contribution in [0.2, 0.25) is 0 Å². The maximum atomic E-state index is 13.6. The van der Waals surface area contributed by atoms with Crippen molar-refractivity contribution >= 4 is 5.91 Å². The van der Waals surface area contributed by atoms with Gasteiger partial charge < -0.3 is 10.4 Å². The summed E-state index contributed by atoms with van der Waals surface area (Å²) in [5.74, 6) is -2.31. The van der Waals surface area contributed by atoms with E-state index in [0.717, 1.165) is 24.1 Å². The zero-order valence-corrected chi connectivity index (χ0v) is 12.5. The van der Waals surface area contributed by atoms with Gasteiger partial charge in [-0.1, -0.05) is 24.3 Å². The first-order valence-electron chi connectivity index (χ1n) is 7.49. The van der Waals surface area contributed by atoms with Gasteiger partial charge in [-0.25, -0.2) is 8.78 Å². The second-order valence-corrected chi connectivity index (χ2v) is 5.98. The van der Waals surface area contributed by atoms with Crippen molar-refractivity contribution in [3.05, 3.63) is 70.8 Å². The molecule has 3 nitrogen and oxygen atoms in total. The van der Waals surface area contributed by atoms with E-state index in [1.54, 1.807) is 0 Å². The van der Waals surface area contributed by atoms with Gasteiger partial charge in [-0.3, -0.25) is 4.79 Å². The number of benzene rings is 2. The van der Waals surface area contributed by atoms with Crippen molar-refractivity contribution in [2.24, 2.45) is 0 Å². The van der Waals surface area contributed by atoms with Crippen molar-refractivity contribution in [3.8, 4) is 0 Å². The molecule has 1 atom stereocenters. The molecule has 0 heterocycles. The number of halogens is 2. The standard InChI is InChI=1S/C18H17F2NO2/c19-14-5-6-15(16(20)9-14)17(22)21-11-18(23)8-7-12-3-1-2-4-13(12)10-18/h1-6,9,23H,7-8,10-11H2,(H,21,22). The zero-order valence-electron chi connectivity index (χ0n) is 12.5. The number of aryl methyl sites for hydroxylation is 1. The lowest BCUT2D eigenvalue weighted by Crippen LogP contribution is -2.46. The van der Waals surface area contributed by atoms with Crippen LogP contribution in [0.25, 0.3) is 0 Å². The van der Waals surface area contributed by atoms with E-state index in [4.69, 9.17) is 0 Å². The van der Waals surface area contributed by atoms with Crippen LogP contribution in [0, 0.1) is 11.6 Å². The summed E-state index contributed by atoms with van der Waals surface area (Å²) in [6.07, 6.45) is 1.69. The van der Waals surface area contributed by atoms with Gasteiger partial charge in [-0.15, -0.1) is 0 Å². The number of hydrogen-bond acceptors (Lipinski definition) is 2. The van der Waals surface area contributed by atoms with Crippen LogP contribution < -0.4 is 5.32 Å². The number of nitrogens with one attached hydrogen (secondary N) is 1. The van der Waals surface area contributed by atoms with Gasteiger partial charge >= 0.3 is 0 Å². The fourth-order valence-corrected chi connectivity index (χ4v) is 2.95. The number of fused-ring (bicyclic) bond motifs is 1. The Bertz CT molecular complexity index is 748. The SMILES string of the molecule is O=C(NCC1(O)CCc2ccccc2C1)c1ccc(F)cc1F. The van der Waals surface area contributed by atoms with Crippen LogP contribution in [0.3, 0.4) is 0 Å². The number of hydrogen-bond donors (Lipinski definition) is 2. The third-order valence-corrected chi connectivity index (χ3v) is 4.25. The molecule has 0 saturated heterocycles. The van der Waals surface area contributed by atoms with Crippen molar-refractivity contribution in [2.45, 2.75) is 24.9 Å². The Labute approximate surface area is 133 Å². The lowest BCUT2D eigenvalue weighted by Gasteiger charge is -2.33. The molecule has 0 spiro atoms. The van der Waals surface area contributed by atoms with E-state index in [1.165, 1.54) is 5.56 Å². The van der Waals surface area contributed by atoms with Gasteiger partial charge in [0.2, 0.25) is 0 Å². The molecular weight excluding hydrogens is 300 g/mol. The van der Waals surface area contributed by atoms with Crippen LogP contribution >= 0.6 is 0 Å². The predicted octanol–water partition coefficient (Wildman–Crippen LogP) is 2.61. The lowest BCUT2D eigenvalue weighted by molar-refractivity contribution is 0.0259. The molecule has 3 rings (SSSR count). The Morgan fingerprint density at radius 1 is 1.17 bits per heavy atom. The number of amides is 1. The van der Waals surface area contributed by atoms with Crippen molar-refractivity contribution in [2.75, 3.05) is 6.54 Å². The van der Waals surface area contributed by atoms with Gasteiger partial charge in [-0.05, 0) is 36.1 Å². The van der Waals surface area contributed by atoms with E-state index in [9.17, 15) is 18.7 Å². The molecule has 5 heteroatoms. The molecule has 1 unspecified atom stereocenters. The maximum absolute atomic E-state index is 13.6. The number of rotatable bonds is 3. The van der Waals surface area contributed by atoms with E-state index >= 15 is 0 Å². The van der Waals surface area contributed by atoms with Crippen LogP contribution in [0.5, 0.6) is 0 Å². The summed E-state index contributed by atoms with van der Waals surface area (Å²) in [7, 11) is 0. The largest absolute Gasteiger partial charge is 0.388 e. The summed E-state index contributed by atoms with van der Waals surface area (Å²) in [6, 6.07) is 10.7. The first kappa shape index (κ1) is 15.6. The molecule has 0 radical (unpaired) electrons. The molecule has 0 saturated carbocycles. The van der Waals surface area contributed by atoms with Gasteiger partial charge in [-0.2, -0.15) is 0 Å². The molecule has 1 amide bonds. The quantitative estimate of drug-likeness (QED) is 0.914. The lowest BCUT2D eigenvalue weighted by atomic mass is 9.80. The van der Waals surface area contributed by atoms with Crippen LogP contribution in [0.1, 0.15) is 27.9 Å². The zero-order chi connectivity index (χ0) is 16.4.